The lowest BCUT2D eigenvalue weighted by atomic mass is 9.98. The minimum absolute atomic E-state index is 0.128. The Hall–Kier alpha value is -1.75. The fraction of sp³-hybridized carbons (Fsp3) is 0.588. The fourth-order valence-electron chi connectivity index (χ4n) is 3.15. The molecule has 0 aliphatic carbocycles. The average Bonchev–Trinajstić information content (AvgIpc) is 3.09. The number of hydrogen-bond donors (Lipinski definition) is 0. The normalized spacial score (nSPS) is 16.3. The van der Waals surface area contributed by atoms with Gasteiger partial charge in [-0.1, -0.05) is 0 Å². The highest BCUT2D eigenvalue weighted by molar-refractivity contribution is 5.54. The van der Waals surface area contributed by atoms with Gasteiger partial charge < -0.3 is 19.0 Å². The third-order valence-corrected chi connectivity index (χ3v) is 4.23. The highest BCUT2D eigenvalue weighted by Gasteiger charge is 2.29. The van der Waals surface area contributed by atoms with Crippen LogP contribution in [0.1, 0.15) is 37.3 Å². The molecule has 1 unspecified atom stereocenters. The molecular weight excluding hydrogens is 282 g/mol. The van der Waals surface area contributed by atoms with Crippen molar-refractivity contribution in [3.63, 3.8) is 0 Å². The van der Waals surface area contributed by atoms with Crippen molar-refractivity contribution in [3.8, 4) is 17.2 Å². The molecule has 0 N–H and O–H groups in total. The SMILES string of the molecule is COc1cc(OC)c(C(CCC=O)N2CCCC2)c(OC)c1. The highest BCUT2D eigenvalue weighted by Crippen LogP contribution is 2.43. The molecule has 0 spiro atoms. The Morgan fingerprint density at radius 2 is 1.68 bits per heavy atom. The lowest BCUT2D eigenvalue weighted by Crippen LogP contribution is -2.26. The molecule has 1 aromatic carbocycles. The van der Waals surface area contributed by atoms with Gasteiger partial charge in [-0.2, -0.15) is 0 Å². The van der Waals surface area contributed by atoms with Crippen LogP contribution in [0.5, 0.6) is 17.2 Å². The predicted molar refractivity (Wildman–Crippen MR) is 84.9 cm³/mol. The van der Waals surface area contributed by atoms with Crippen molar-refractivity contribution >= 4 is 6.29 Å². The van der Waals surface area contributed by atoms with Gasteiger partial charge in [0.05, 0.1) is 26.9 Å². The van der Waals surface area contributed by atoms with Crippen molar-refractivity contribution < 1.29 is 19.0 Å². The first-order chi connectivity index (χ1) is 10.7. The van der Waals surface area contributed by atoms with Crippen LogP contribution in [0.25, 0.3) is 0 Å². The van der Waals surface area contributed by atoms with E-state index < -0.39 is 0 Å². The van der Waals surface area contributed by atoms with E-state index in [9.17, 15) is 4.79 Å². The number of carbonyl (C=O) groups excluding carboxylic acids is 1. The maximum Gasteiger partial charge on any atom is 0.131 e. The van der Waals surface area contributed by atoms with Gasteiger partial charge in [0.15, 0.2) is 0 Å². The van der Waals surface area contributed by atoms with Gasteiger partial charge >= 0.3 is 0 Å². The summed E-state index contributed by atoms with van der Waals surface area (Å²) in [6, 6.07) is 3.88. The number of ether oxygens (including phenoxy) is 3. The molecule has 1 heterocycles. The molecule has 1 atom stereocenters. The monoisotopic (exact) mass is 307 g/mol. The standard InChI is InChI=1S/C17H25NO4/c1-20-13-11-15(21-2)17(16(12-13)22-3)14(7-6-10-19)18-8-4-5-9-18/h10-12,14H,4-9H2,1-3H3. The molecule has 1 aromatic rings. The molecule has 0 bridgehead atoms. The van der Waals surface area contributed by atoms with Crippen LogP contribution in [0.4, 0.5) is 0 Å². The van der Waals surface area contributed by atoms with E-state index in [0.29, 0.717) is 12.2 Å². The average molecular weight is 307 g/mol. The van der Waals surface area contributed by atoms with Crippen molar-refractivity contribution in [1.82, 2.24) is 4.90 Å². The van der Waals surface area contributed by atoms with Gasteiger partial charge in [0.1, 0.15) is 23.5 Å². The van der Waals surface area contributed by atoms with E-state index in [1.54, 1.807) is 21.3 Å². The lowest BCUT2D eigenvalue weighted by Gasteiger charge is -2.30. The number of benzene rings is 1. The summed E-state index contributed by atoms with van der Waals surface area (Å²) in [5, 5.41) is 0. The van der Waals surface area contributed by atoms with Gasteiger partial charge in [-0.05, 0) is 32.4 Å². The number of methoxy groups -OCH3 is 3. The molecule has 122 valence electrons. The summed E-state index contributed by atoms with van der Waals surface area (Å²) in [5.41, 5.74) is 1.01. The molecule has 1 aliphatic heterocycles. The van der Waals surface area contributed by atoms with Crippen LogP contribution in [-0.2, 0) is 4.79 Å². The number of carbonyl (C=O) groups is 1. The van der Waals surface area contributed by atoms with E-state index in [4.69, 9.17) is 14.2 Å². The lowest BCUT2D eigenvalue weighted by molar-refractivity contribution is -0.108. The molecule has 2 rings (SSSR count). The van der Waals surface area contributed by atoms with Crippen LogP contribution in [-0.4, -0.2) is 45.6 Å². The van der Waals surface area contributed by atoms with E-state index >= 15 is 0 Å². The van der Waals surface area contributed by atoms with E-state index in [0.717, 1.165) is 42.9 Å². The van der Waals surface area contributed by atoms with Crippen LogP contribution < -0.4 is 14.2 Å². The van der Waals surface area contributed by atoms with Crippen LogP contribution in [0.3, 0.4) is 0 Å². The second kappa shape index (κ2) is 8.03. The molecule has 0 aromatic heterocycles. The van der Waals surface area contributed by atoms with Gasteiger partial charge in [0.2, 0.25) is 0 Å². The number of hydrogen-bond acceptors (Lipinski definition) is 5. The van der Waals surface area contributed by atoms with Crippen LogP contribution in [0, 0.1) is 0 Å². The van der Waals surface area contributed by atoms with Gasteiger partial charge in [-0.3, -0.25) is 4.90 Å². The predicted octanol–water partition coefficient (Wildman–Crippen LogP) is 2.83. The van der Waals surface area contributed by atoms with Crippen molar-refractivity contribution in [1.29, 1.82) is 0 Å². The summed E-state index contributed by atoms with van der Waals surface area (Å²) >= 11 is 0. The smallest absolute Gasteiger partial charge is 0.131 e. The summed E-state index contributed by atoms with van der Waals surface area (Å²) in [7, 11) is 4.93. The molecule has 0 radical (unpaired) electrons. The first-order valence-corrected chi connectivity index (χ1v) is 7.72. The Bertz CT molecular complexity index is 472. The Balaban J connectivity index is 2.45. The Kier molecular flexibility index (Phi) is 6.07. The molecule has 1 aliphatic rings. The maximum atomic E-state index is 10.9. The van der Waals surface area contributed by atoms with E-state index in [-0.39, 0.29) is 6.04 Å². The second-order valence-corrected chi connectivity index (χ2v) is 5.45. The molecule has 0 saturated carbocycles. The zero-order valence-electron chi connectivity index (χ0n) is 13.6. The number of likely N-dealkylation sites (tertiary alicyclic amines) is 1. The van der Waals surface area contributed by atoms with Crippen LogP contribution >= 0.6 is 0 Å². The summed E-state index contributed by atoms with van der Waals surface area (Å²) in [5.74, 6) is 2.20. The van der Waals surface area contributed by atoms with Crippen molar-refractivity contribution in [2.45, 2.75) is 31.7 Å². The third-order valence-electron chi connectivity index (χ3n) is 4.23. The highest BCUT2D eigenvalue weighted by atomic mass is 16.5. The van der Waals surface area contributed by atoms with E-state index in [1.165, 1.54) is 12.8 Å². The quantitative estimate of drug-likeness (QED) is 0.691. The summed E-state index contributed by atoms with van der Waals surface area (Å²) in [4.78, 5) is 13.3. The topological polar surface area (TPSA) is 48.0 Å². The Morgan fingerprint density at radius 3 is 2.14 bits per heavy atom. The number of nitrogens with zero attached hydrogens (tertiary/aromatic N) is 1. The fourth-order valence-corrected chi connectivity index (χ4v) is 3.15. The Labute approximate surface area is 132 Å². The first-order valence-electron chi connectivity index (χ1n) is 7.72. The molecule has 1 saturated heterocycles. The minimum Gasteiger partial charge on any atom is -0.496 e. The van der Waals surface area contributed by atoms with Gasteiger partial charge in [-0.15, -0.1) is 0 Å². The molecule has 5 nitrogen and oxygen atoms in total. The van der Waals surface area contributed by atoms with Gasteiger partial charge in [0.25, 0.3) is 0 Å². The number of aldehydes is 1. The van der Waals surface area contributed by atoms with Crippen molar-refractivity contribution in [2.75, 3.05) is 34.4 Å². The van der Waals surface area contributed by atoms with Crippen molar-refractivity contribution in [3.05, 3.63) is 17.7 Å². The van der Waals surface area contributed by atoms with E-state index in [1.807, 2.05) is 12.1 Å². The van der Waals surface area contributed by atoms with E-state index in [2.05, 4.69) is 4.90 Å². The Morgan fingerprint density at radius 1 is 1.09 bits per heavy atom. The second-order valence-electron chi connectivity index (χ2n) is 5.45. The first kappa shape index (κ1) is 16.6. The van der Waals surface area contributed by atoms with Gasteiger partial charge in [-0.25, -0.2) is 0 Å². The van der Waals surface area contributed by atoms with Crippen molar-refractivity contribution in [2.24, 2.45) is 0 Å². The molecule has 0 amide bonds. The summed E-state index contributed by atoms with van der Waals surface area (Å²) < 4.78 is 16.5. The molecule has 5 heteroatoms. The maximum absolute atomic E-state index is 10.9. The van der Waals surface area contributed by atoms with Crippen LogP contribution in [0.15, 0.2) is 12.1 Å². The zero-order valence-corrected chi connectivity index (χ0v) is 13.6. The minimum atomic E-state index is 0.128. The van der Waals surface area contributed by atoms with Gasteiger partial charge in [0, 0.05) is 24.6 Å². The molecule has 22 heavy (non-hydrogen) atoms. The molecular formula is C17H25NO4. The zero-order chi connectivity index (χ0) is 15.9. The van der Waals surface area contributed by atoms with Crippen LogP contribution in [0.2, 0.25) is 0 Å². The molecule has 1 fully saturated rings. The summed E-state index contributed by atoms with van der Waals surface area (Å²) in [6.45, 7) is 2.09. The largest absolute Gasteiger partial charge is 0.496 e. The third kappa shape index (κ3) is 3.53. The number of rotatable bonds is 8. The summed E-state index contributed by atoms with van der Waals surface area (Å²) in [6.07, 6.45) is 4.66.